The Hall–Kier alpha value is -2.51. The van der Waals surface area contributed by atoms with Gasteiger partial charge in [-0.05, 0) is 6.07 Å². The second kappa shape index (κ2) is 4.16. The molecule has 2 aromatic heterocycles. The summed E-state index contributed by atoms with van der Waals surface area (Å²) in [5.74, 6) is -1.15. The average Bonchev–Trinajstić information content (AvgIpc) is 2.79. The molecule has 0 unspecified atom stereocenters. The van der Waals surface area contributed by atoms with Gasteiger partial charge in [0, 0.05) is 13.2 Å². The van der Waals surface area contributed by atoms with E-state index in [-0.39, 0.29) is 17.5 Å². The van der Waals surface area contributed by atoms with Crippen molar-refractivity contribution >= 4 is 11.9 Å². The normalized spacial score (nSPS) is 10.2. The quantitative estimate of drug-likeness (QED) is 0.777. The van der Waals surface area contributed by atoms with Crippen LogP contribution >= 0.6 is 0 Å². The molecule has 0 saturated carbocycles. The first-order valence-electron chi connectivity index (χ1n) is 4.68. The summed E-state index contributed by atoms with van der Waals surface area (Å²) >= 11 is 0. The molecule has 0 atom stereocenters. The molecule has 0 fully saturated rings. The number of nitrogens with one attached hydrogen (secondary N) is 1. The number of nitrogens with zero attached hydrogens (tertiary/aromatic N) is 4. The van der Waals surface area contributed by atoms with Crippen molar-refractivity contribution in [2.24, 2.45) is 5.73 Å². The molecule has 3 N–H and O–H groups in total. The van der Waals surface area contributed by atoms with Crippen LogP contribution in [0.25, 0.3) is 5.82 Å². The van der Waals surface area contributed by atoms with Crippen molar-refractivity contribution in [2.45, 2.75) is 0 Å². The highest BCUT2D eigenvalue weighted by atomic mass is 19.1. The van der Waals surface area contributed by atoms with Crippen LogP contribution in [0.15, 0.2) is 18.5 Å². The van der Waals surface area contributed by atoms with E-state index in [0.717, 1.165) is 10.9 Å². The van der Waals surface area contributed by atoms with Gasteiger partial charge in [0.2, 0.25) is 5.95 Å². The minimum absolute atomic E-state index is 0.0361. The first-order chi connectivity index (χ1) is 8.11. The highest BCUT2D eigenvalue weighted by Crippen LogP contribution is 2.11. The molecule has 0 radical (unpaired) electrons. The molecule has 88 valence electrons. The van der Waals surface area contributed by atoms with Crippen molar-refractivity contribution in [3.05, 3.63) is 30.0 Å². The van der Waals surface area contributed by atoms with Gasteiger partial charge in [-0.3, -0.25) is 4.79 Å². The Morgan fingerprint density at radius 3 is 2.94 bits per heavy atom. The van der Waals surface area contributed by atoms with Gasteiger partial charge < -0.3 is 11.1 Å². The number of halogens is 1. The highest BCUT2D eigenvalue weighted by molar-refractivity contribution is 5.90. The molecular formula is C9H9FN6O. The molecule has 0 aliphatic heterocycles. The maximum absolute atomic E-state index is 13.5. The second-order valence-electron chi connectivity index (χ2n) is 3.12. The number of hydrogen-bond donors (Lipinski definition) is 2. The van der Waals surface area contributed by atoms with E-state index in [2.05, 4.69) is 20.4 Å². The zero-order valence-electron chi connectivity index (χ0n) is 8.88. The lowest BCUT2D eigenvalue weighted by atomic mass is 10.4. The lowest BCUT2D eigenvalue weighted by molar-refractivity contribution is 0.0995. The summed E-state index contributed by atoms with van der Waals surface area (Å²) in [4.78, 5) is 18.4. The number of nitrogens with two attached hydrogens (primary N) is 1. The van der Waals surface area contributed by atoms with Gasteiger partial charge in [-0.15, -0.1) is 0 Å². The Kier molecular flexibility index (Phi) is 2.69. The minimum atomic E-state index is -0.688. The Bertz CT molecular complexity index is 566. The number of carbonyl (C=O) groups is 1. The molecule has 2 rings (SSSR count). The maximum Gasteiger partial charge on any atom is 0.269 e. The third-order valence-electron chi connectivity index (χ3n) is 2.01. The van der Waals surface area contributed by atoms with Crippen molar-refractivity contribution < 1.29 is 9.18 Å². The summed E-state index contributed by atoms with van der Waals surface area (Å²) in [6.45, 7) is 0. The molecule has 0 aromatic carbocycles. The van der Waals surface area contributed by atoms with Gasteiger partial charge in [0.1, 0.15) is 5.69 Å². The topological polar surface area (TPSA) is 98.7 Å². The predicted molar refractivity (Wildman–Crippen MR) is 57.2 cm³/mol. The lowest BCUT2D eigenvalue weighted by Gasteiger charge is -2.03. The average molecular weight is 236 g/mol. The SMILES string of the molecule is CNc1ncc(F)c(-n2ccc(C(N)=O)n2)n1. The number of hydrogen-bond acceptors (Lipinski definition) is 5. The molecule has 0 aliphatic carbocycles. The van der Waals surface area contributed by atoms with E-state index in [1.165, 1.54) is 12.3 Å². The van der Waals surface area contributed by atoms with Gasteiger partial charge in [-0.25, -0.2) is 14.1 Å². The van der Waals surface area contributed by atoms with Crippen LogP contribution in [0.2, 0.25) is 0 Å². The van der Waals surface area contributed by atoms with E-state index in [1.54, 1.807) is 7.05 Å². The van der Waals surface area contributed by atoms with E-state index in [0.29, 0.717) is 0 Å². The van der Waals surface area contributed by atoms with Gasteiger partial charge >= 0.3 is 0 Å². The summed E-state index contributed by atoms with van der Waals surface area (Å²) in [7, 11) is 1.61. The van der Waals surface area contributed by atoms with Crippen LogP contribution in [0.1, 0.15) is 10.5 Å². The van der Waals surface area contributed by atoms with Crippen LogP contribution in [-0.4, -0.2) is 32.7 Å². The summed E-state index contributed by atoms with van der Waals surface area (Å²) in [6.07, 6.45) is 2.41. The fourth-order valence-electron chi connectivity index (χ4n) is 1.21. The lowest BCUT2D eigenvalue weighted by Crippen LogP contribution is -2.13. The highest BCUT2D eigenvalue weighted by Gasteiger charge is 2.12. The molecule has 8 heteroatoms. The molecule has 2 heterocycles. The van der Waals surface area contributed by atoms with Crippen LogP contribution in [0, 0.1) is 5.82 Å². The Balaban J connectivity index is 2.47. The van der Waals surface area contributed by atoms with Gasteiger partial charge in [-0.1, -0.05) is 0 Å². The predicted octanol–water partition coefficient (Wildman–Crippen LogP) is -0.0580. The largest absolute Gasteiger partial charge is 0.364 e. The van der Waals surface area contributed by atoms with Gasteiger partial charge in [-0.2, -0.15) is 10.1 Å². The van der Waals surface area contributed by atoms with E-state index in [4.69, 9.17) is 5.73 Å². The van der Waals surface area contributed by atoms with Crippen LogP contribution in [0.4, 0.5) is 10.3 Å². The molecule has 0 aliphatic rings. The van der Waals surface area contributed by atoms with Gasteiger partial charge in [0.15, 0.2) is 11.6 Å². The number of carbonyl (C=O) groups excluding carboxylic acids is 1. The van der Waals surface area contributed by atoms with Gasteiger partial charge in [0.05, 0.1) is 6.20 Å². The van der Waals surface area contributed by atoms with Crippen LogP contribution in [0.3, 0.4) is 0 Å². The van der Waals surface area contributed by atoms with Crippen LogP contribution < -0.4 is 11.1 Å². The van der Waals surface area contributed by atoms with E-state index < -0.39 is 11.7 Å². The van der Waals surface area contributed by atoms with Crippen molar-refractivity contribution in [1.82, 2.24) is 19.7 Å². The molecule has 0 saturated heterocycles. The first-order valence-corrected chi connectivity index (χ1v) is 4.68. The third-order valence-corrected chi connectivity index (χ3v) is 2.01. The third kappa shape index (κ3) is 2.05. The number of rotatable bonds is 3. The van der Waals surface area contributed by atoms with Crippen LogP contribution in [0.5, 0.6) is 0 Å². The molecule has 2 aromatic rings. The standard InChI is InChI=1S/C9H9FN6O/c1-12-9-13-4-5(10)8(14-9)16-3-2-6(15-16)7(11)17/h2-4H,1H3,(H2,11,17)(H,12,13,14). The smallest absolute Gasteiger partial charge is 0.269 e. The molecule has 0 bridgehead atoms. The Morgan fingerprint density at radius 2 is 2.35 bits per heavy atom. The summed E-state index contributed by atoms with van der Waals surface area (Å²) < 4.78 is 14.6. The summed E-state index contributed by atoms with van der Waals surface area (Å²) in [5, 5.41) is 6.47. The maximum atomic E-state index is 13.5. The monoisotopic (exact) mass is 236 g/mol. The molecule has 7 nitrogen and oxygen atoms in total. The molecular weight excluding hydrogens is 227 g/mol. The zero-order chi connectivity index (χ0) is 12.4. The molecule has 17 heavy (non-hydrogen) atoms. The fraction of sp³-hybridized carbons (Fsp3) is 0.111. The minimum Gasteiger partial charge on any atom is -0.364 e. The van der Waals surface area contributed by atoms with Crippen molar-refractivity contribution in [1.29, 1.82) is 0 Å². The fourth-order valence-corrected chi connectivity index (χ4v) is 1.21. The van der Waals surface area contributed by atoms with E-state index in [1.807, 2.05) is 0 Å². The second-order valence-corrected chi connectivity index (χ2v) is 3.12. The Labute approximate surface area is 95.5 Å². The summed E-state index contributed by atoms with van der Waals surface area (Å²) in [6, 6.07) is 1.38. The van der Waals surface area contributed by atoms with E-state index >= 15 is 0 Å². The number of primary amides is 1. The molecule has 0 spiro atoms. The van der Waals surface area contributed by atoms with E-state index in [9.17, 15) is 9.18 Å². The van der Waals surface area contributed by atoms with Crippen molar-refractivity contribution in [3.63, 3.8) is 0 Å². The van der Waals surface area contributed by atoms with Crippen molar-refractivity contribution in [3.8, 4) is 5.82 Å². The number of aromatic nitrogens is 4. The number of anilines is 1. The number of amides is 1. The summed E-state index contributed by atoms with van der Waals surface area (Å²) in [5.41, 5.74) is 5.08. The van der Waals surface area contributed by atoms with Crippen LogP contribution in [-0.2, 0) is 0 Å². The zero-order valence-corrected chi connectivity index (χ0v) is 8.88. The first kappa shape index (κ1) is 11.0. The Morgan fingerprint density at radius 1 is 1.59 bits per heavy atom. The van der Waals surface area contributed by atoms with Crippen molar-refractivity contribution in [2.75, 3.05) is 12.4 Å². The molecule has 1 amide bonds. The van der Waals surface area contributed by atoms with Gasteiger partial charge in [0.25, 0.3) is 5.91 Å².